The van der Waals surface area contributed by atoms with Gasteiger partial charge in [0.15, 0.2) is 5.82 Å². The quantitative estimate of drug-likeness (QED) is 0.160. The van der Waals surface area contributed by atoms with Gasteiger partial charge in [0.1, 0.15) is 0 Å². The van der Waals surface area contributed by atoms with Crippen molar-refractivity contribution in [3.8, 4) is 62.0 Å². The molecule has 0 unspecified atom stereocenters. The van der Waals surface area contributed by atoms with E-state index in [2.05, 4.69) is 174 Å². The van der Waals surface area contributed by atoms with Crippen LogP contribution in [0, 0.1) is 0 Å². The predicted molar refractivity (Wildman–Crippen MR) is 236 cm³/mol. The average molecular weight is 727 g/mol. The number of pyridine rings is 1. The summed E-state index contributed by atoms with van der Waals surface area (Å²) in [6, 6.07) is 72.5. The first-order chi connectivity index (χ1) is 28.3. The molecule has 0 N–H and O–H groups in total. The third-order valence-electron chi connectivity index (χ3n) is 11.0. The van der Waals surface area contributed by atoms with Gasteiger partial charge in [-0.15, -0.1) is 0 Å². The third kappa shape index (κ3) is 5.58. The number of hydrogen-bond acceptors (Lipinski definition) is 3. The van der Waals surface area contributed by atoms with Crippen molar-refractivity contribution in [1.29, 1.82) is 0 Å². The molecule has 0 aliphatic carbocycles. The maximum atomic E-state index is 5.57. The molecule has 0 atom stereocenters. The molecule has 0 bridgehead atoms. The smallest absolute Gasteiger partial charge is 0.160 e. The second-order valence-corrected chi connectivity index (χ2v) is 14.4. The molecule has 11 aromatic rings. The normalized spacial score (nSPS) is 11.5. The Kier molecular flexibility index (Phi) is 7.78. The SMILES string of the molecule is c1ccc(-c2cc(-c3ccccc3)nc(-c3cccc(-c4cccc5c4nc(-c4ccccc4)c4ccc6c(c7ccccc7n6-c6ccccc6)c45)c3)n2)cc1. The Balaban J connectivity index is 1.18. The van der Waals surface area contributed by atoms with E-state index in [1.165, 1.54) is 27.2 Å². The number of nitrogens with zero attached hydrogens (tertiary/aromatic N) is 4. The van der Waals surface area contributed by atoms with Crippen molar-refractivity contribution in [1.82, 2.24) is 19.5 Å². The molecule has 8 aromatic carbocycles. The Morgan fingerprint density at radius 1 is 0.333 bits per heavy atom. The summed E-state index contributed by atoms with van der Waals surface area (Å²) in [6.07, 6.45) is 0. The van der Waals surface area contributed by atoms with Crippen LogP contribution in [0.15, 0.2) is 206 Å². The van der Waals surface area contributed by atoms with Gasteiger partial charge in [-0.1, -0.05) is 170 Å². The summed E-state index contributed by atoms with van der Waals surface area (Å²) < 4.78 is 2.39. The van der Waals surface area contributed by atoms with Crippen LogP contribution in [0.25, 0.3) is 105 Å². The van der Waals surface area contributed by atoms with Crippen molar-refractivity contribution < 1.29 is 0 Å². The molecule has 0 saturated carbocycles. The first-order valence-electron chi connectivity index (χ1n) is 19.3. The molecule has 266 valence electrons. The number of benzene rings is 8. The fourth-order valence-electron chi connectivity index (χ4n) is 8.40. The van der Waals surface area contributed by atoms with Crippen LogP contribution in [0.2, 0.25) is 0 Å². The summed E-state index contributed by atoms with van der Waals surface area (Å²) in [7, 11) is 0. The maximum absolute atomic E-state index is 5.57. The minimum absolute atomic E-state index is 0.677. The van der Waals surface area contributed by atoms with Gasteiger partial charge in [-0.05, 0) is 42.0 Å². The average Bonchev–Trinajstić information content (AvgIpc) is 3.64. The van der Waals surface area contributed by atoms with Crippen LogP contribution >= 0.6 is 0 Å². The van der Waals surface area contributed by atoms with Crippen molar-refractivity contribution >= 4 is 43.5 Å². The first kappa shape index (κ1) is 32.7. The summed E-state index contributed by atoms with van der Waals surface area (Å²) in [6.45, 7) is 0. The maximum Gasteiger partial charge on any atom is 0.160 e. The molecule has 11 rings (SSSR count). The lowest BCUT2D eigenvalue weighted by molar-refractivity contribution is 1.18. The molecule has 4 nitrogen and oxygen atoms in total. The van der Waals surface area contributed by atoms with E-state index < -0.39 is 0 Å². The van der Waals surface area contributed by atoms with Crippen molar-refractivity contribution in [3.63, 3.8) is 0 Å². The highest BCUT2D eigenvalue weighted by Gasteiger charge is 2.21. The van der Waals surface area contributed by atoms with Crippen LogP contribution in [0.1, 0.15) is 0 Å². The van der Waals surface area contributed by atoms with Crippen LogP contribution in [0.5, 0.6) is 0 Å². The summed E-state index contributed by atoms with van der Waals surface area (Å²) in [5, 5.41) is 5.88. The minimum atomic E-state index is 0.677. The minimum Gasteiger partial charge on any atom is -0.309 e. The lowest BCUT2D eigenvalue weighted by Crippen LogP contribution is -1.96. The van der Waals surface area contributed by atoms with Gasteiger partial charge >= 0.3 is 0 Å². The summed E-state index contributed by atoms with van der Waals surface area (Å²) in [4.78, 5) is 15.9. The van der Waals surface area contributed by atoms with Crippen LogP contribution in [-0.4, -0.2) is 19.5 Å². The van der Waals surface area contributed by atoms with E-state index in [1.54, 1.807) is 0 Å². The van der Waals surface area contributed by atoms with Crippen LogP contribution in [-0.2, 0) is 0 Å². The zero-order valence-electron chi connectivity index (χ0n) is 30.9. The Morgan fingerprint density at radius 3 is 1.60 bits per heavy atom. The van der Waals surface area contributed by atoms with E-state index in [0.717, 1.165) is 72.4 Å². The first-order valence-corrected chi connectivity index (χ1v) is 19.3. The largest absolute Gasteiger partial charge is 0.309 e. The van der Waals surface area contributed by atoms with E-state index in [4.69, 9.17) is 15.0 Å². The van der Waals surface area contributed by atoms with Gasteiger partial charge in [-0.25, -0.2) is 15.0 Å². The molecule has 57 heavy (non-hydrogen) atoms. The predicted octanol–water partition coefficient (Wildman–Crippen LogP) is 13.6. The van der Waals surface area contributed by atoms with Gasteiger partial charge in [0.2, 0.25) is 0 Å². The second kappa shape index (κ2) is 13.6. The van der Waals surface area contributed by atoms with Crippen LogP contribution in [0.3, 0.4) is 0 Å². The molecular weight excluding hydrogens is 693 g/mol. The summed E-state index contributed by atoms with van der Waals surface area (Å²) in [5.74, 6) is 0.677. The van der Waals surface area contributed by atoms with Crippen molar-refractivity contribution in [2.45, 2.75) is 0 Å². The Bertz CT molecular complexity index is 3210. The monoisotopic (exact) mass is 726 g/mol. The third-order valence-corrected chi connectivity index (χ3v) is 11.0. The molecular formula is C53H34N4. The van der Waals surface area contributed by atoms with Crippen molar-refractivity contribution in [2.75, 3.05) is 0 Å². The molecule has 0 aliphatic heterocycles. The van der Waals surface area contributed by atoms with Gasteiger partial charge in [0.05, 0.1) is 33.6 Å². The van der Waals surface area contributed by atoms with Gasteiger partial charge < -0.3 is 4.57 Å². The molecule has 4 heteroatoms. The zero-order chi connectivity index (χ0) is 37.7. The van der Waals surface area contributed by atoms with E-state index in [1.807, 2.05) is 36.4 Å². The fourth-order valence-corrected chi connectivity index (χ4v) is 8.40. The number of aromatic nitrogens is 4. The highest BCUT2D eigenvalue weighted by Crippen LogP contribution is 2.44. The zero-order valence-corrected chi connectivity index (χ0v) is 30.9. The highest BCUT2D eigenvalue weighted by atomic mass is 15.0. The van der Waals surface area contributed by atoms with E-state index in [-0.39, 0.29) is 0 Å². The standard InChI is InChI=1S/C53H34N4/c1-5-17-35(18-6-1)45-34-46(36-19-7-2-8-20-36)55-53(54-45)39-24-15-23-38(33-39)41-28-16-29-43-49-44(51(56-52(41)43)37-21-9-3-10-22-37)31-32-48-50(49)42-27-13-14-30-47(42)57(48)40-25-11-4-12-26-40/h1-34H. The molecule has 3 aromatic heterocycles. The fraction of sp³-hybridized carbons (Fsp3) is 0. The van der Waals surface area contributed by atoms with Gasteiger partial charge in [0, 0.05) is 60.4 Å². The Labute approximate surface area is 330 Å². The second-order valence-electron chi connectivity index (χ2n) is 14.4. The highest BCUT2D eigenvalue weighted by molar-refractivity contribution is 6.30. The van der Waals surface area contributed by atoms with Gasteiger partial charge in [-0.2, -0.15) is 0 Å². The molecule has 0 fully saturated rings. The molecule has 0 radical (unpaired) electrons. The molecule has 3 heterocycles. The lowest BCUT2D eigenvalue weighted by atomic mass is 9.93. The van der Waals surface area contributed by atoms with Crippen LogP contribution < -0.4 is 0 Å². The molecule has 0 aliphatic rings. The molecule has 0 spiro atoms. The topological polar surface area (TPSA) is 43.6 Å². The number of para-hydroxylation sites is 3. The Hall–Kier alpha value is -7.69. The lowest BCUT2D eigenvalue weighted by Gasteiger charge is -2.15. The number of rotatable bonds is 6. The molecule has 0 amide bonds. The molecule has 0 saturated heterocycles. The summed E-state index contributed by atoms with van der Waals surface area (Å²) in [5.41, 5.74) is 13.4. The van der Waals surface area contributed by atoms with E-state index in [9.17, 15) is 0 Å². The summed E-state index contributed by atoms with van der Waals surface area (Å²) >= 11 is 0. The van der Waals surface area contributed by atoms with Gasteiger partial charge in [-0.3, -0.25) is 0 Å². The van der Waals surface area contributed by atoms with Crippen LogP contribution in [0.4, 0.5) is 0 Å². The Morgan fingerprint density at radius 2 is 0.895 bits per heavy atom. The number of fused-ring (bicyclic) bond motifs is 7. The number of hydrogen-bond donors (Lipinski definition) is 0. The van der Waals surface area contributed by atoms with Crippen molar-refractivity contribution in [3.05, 3.63) is 206 Å². The van der Waals surface area contributed by atoms with Crippen molar-refractivity contribution in [2.24, 2.45) is 0 Å². The van der Waals surface area contributed by atoms with Gasteiger partial charge in [0.25, 0.3) is 0 Å². The van der Waals surface area contributed by atoms with E-state index in [0.29, 0.717) is 5.82 Å². The van der Waals surface area contributed by atoms with E-state index >= 15 is 0 Å².